The predicted molar refractivity (Wildman–Crippen MR) is 143 cm³/mol. The van der Waals surface area contributed by atoms with Crippen LogP contribution in [0.5, 0.6) is 0 Å². The molecule has 0 radical (unpaired) electrons. The van der Waals surface area contributed by atoms with Crippen molar-refractivity contribution in [1.29, 1.82) is 0 Å². The summed E-state index contributed by atoms with van der Waals surface area (Å²) < 4.78 is 0. The quantitative estimate of drug-likeness (QED) is 0.249. The fraction of sp³-hybridized carbons (Fsp3) is 0.438. The largest absolute Gasteiger partial charge is 0.369 e. The van der Waals surface area contributed by atoms with Crippen LogP contribution in [0.1, 0.15) is 81.4 Å². The van der Waals surface area contributed by atoms with Crippen LogP contribution in [0.25, 0.3) is 22.3 Å². The van der Waals surface area contributed by atoms with Gasteiger partial charge in [0.1, 0.15) is 0 Å². The Morgan fingerprint density at radius 2 is 1.55 bits per heavy atom. The van der Waals surface area contributed by atoms with Crippen molar-refractivity contribution in [2.45, 2.75) is 84.1 Å². The summed E-state index contributed by atoms with van der Waals surface area (Å²) >= 11 is 0. The van der Waals surface area contributed by atoms with Crippen LogP contribution in [0.4, 0.5) is 5.69 Å². The minimum Gasteiger partial charge on any atom is -0.369 e. The van der Waals surface area contributed by atoms with Crippen LogP contribution in [0.2, 0.25) is 0 Å². The highest BCUT2D eigenvalue weighted by Gasteiger charge is 2.25. The van der Waals surface area contributed by atoms with E-state index in [1.54, 1.807) is 0 Å². The first-order valence-electron chi connectivity index (χ1n) is 13.3. The predicted octanol–water partition coefficient (Wildman–Crippen LogP) is 8.95. The first kappa shape index (κ1) is 22.3. The van der Waals surface area contributed by atoms with Crippen molar-refractivity contribution in [2.75, 3.05) is 11.4 Å². The van der Waals surface area contributed by atoms with Crippen molar-refractivity contribution in [2.24, 2.45) is 0 Å². The molecule has 0 N–H and O–H groups in total. The first-order valence-corrected chi connectivity index (χ1v) is 13.3. The van der Waals surface area contributed by atoms with Crippen molar-refractivity contribution in [3.8, 4) is 22.3 Å². The minimum atomic E-state index is 0.724. The molecule has 0 atom stereocenters. The number of benzene rings is 3. The van der Waals surface area contributed by atoms with E-state index in [0.29, 0.717) is 0 Å². The Bertz CT molecular complexity index is 1080. The van der Waals surface area contributed by atoms with Crippen molar-refractivity contribution in [3.63, 3.8) is 0 Å². The molecule has 0 bridgehead atoms. The third kappa shape index (κ3) is 4.74. The summed E-state index contributed by atoms with van der Waals surface area (Å²) in [6.45, 7) is 5.79. The van der Waals surface area contributed by atoms with Crippen LogP contribution in [-0.4, -0.2) is 12.6 Å². The molecule has 2 aliphatic rings. The summed E-state index contributed by atoms with van der Waals surface area (Å²) in [7, 11) is 0. The summed E-state index contributed by atoms with van der Waals surface area (Å²) in [5, 5.41) is 0. The third-order valence-electron chi connectivity index (χ3n) is 7.90. The van der Waals surface area contributed by atoms with Crippen molar-refractivity contribution >= 4 is 5.69 Å². The van der Waals surface area contributed by atoms with Crippen molar-refractivity contribution in [1.82, 2.24) is 0 Å². The van der Waals surface area contributed by atoms with Crippen molar-refractivity contribution in [3.05, 3.63) is 77.4 Å². The topological polar surface area (TPSA) is 3.24 Å². The van der Waals surface area contributed by atoms with Gasteiger partial charge in [-0.1, -0.05) is 87.9 Å². The molecule has 0 saturated heterocycles. The van der Waals surface area contributed by atoms with Gasteiger partial charge in [0.15, 0.2) is 0 Å². The lowest BCUT2D eigenvalue weighted by Gasteiger charge is -2.36. The van der Waals surface area contributed by atoms with E-state index < -0.39 is 0 Å². The zero-order valence-corrected chi connectivity index (χ0v) is 20.6. The molecular formula is C32H39N. The summed E-state index contributed by atoms with van der Waals surface area (Å²) in [5.41, 5.74) is 11.4. The SMILES string of the molecule is CCCCCCN(c1ccc2c(c1)-c1cc(C)c(-c3ccccc3)cc1C2)C1CCCCC1. The van der Waals surface area contributed by atoms with E-state index in [1.165, 1.54) is 109 Å². The van der Waals surface area contributed by atoms with Gasteiger partial charge >= 0.3 is 0 Å². The van der Waals surface area contributed by atoms with Gasteiger partial charge in [0.2, 0.25) is 0 Å². The Hall–Kier alpha value is -2.54. The Labute approximate surface area is 200 Å². The Morgan fingerprint density at radius 3 is 2.33 bits per heavy atom. The molecule has 2 aliphatic carbocycles. The van der Waals surface area contributed by atoms with Gasteiger partial charge in [-0.15, -0.1) is 0 Å². The fourth-order valence-electron chi connectivity index (χ4n) is 6.06. The molecule has 0 spiro atoms. The van der Waals surface area contributed by atoms with Gasteiger partial charge in [0, 0.05) is 18.3 Å². The number of hydrogen-bond acceptors (Lipinski definition) is 1. The van der Waals surface area contributed by atoms with Gasteiger partial charge in [-0.05, 0) is 89.8 Å². The number of aryl methyl sites for hydroxylation is 1. The number of unbranched alkanes of at least 4 members (excludes halogenated alkanes) is 3. The van der Waals surface area contributed by atoms with Gasteiger partial charge in [-0.3, -0.25) is 0 Å². The highest BCUT2D eigenvalue weighted by Crippen LogP contribution is 2.42. The molecular weight excluding hydrogens is 398 g/mol. The number of nitrogens with zero attached hydrogens (tertiary/aromatic N) is 1. The van der Waals surface area contributed by atoms with Crippen LogP contribution in [0.3, 0.4) is 0 Å². The van der Waals surface area contributed by atoms with E-state index in [9.17, 15) is 0 Å². The van der Waals surface area contributed by atoms with Crippen LogP contribution in [-0.2, 0) is 6.42 Å². The Balaban J connectivity index is 1.46. The van der Waals surface area contributed by atoms with Gasteiger partial charge in [0.05, 0.1) is 0 Å². The lowest BCUT2D eigenvalue weighted by atomic mass is 9.92. The zero-order valence-electron chi connectivity index (χ0n) is 20.6. The summed E-state index contributed by atoms with van der Waals surface area (Å²) in [4.78, 5) is 2.78. The third-order valence-corrected chi connectivity index (χ3v) is 7.90. The van der Waals surface area contributed by atoms with E-state index in [0.717, 1.165) is 12.5 Å². The van der Waals surface area contributed by atoms with E-state index in [2.05, 4.69) is 79.4 Å². The summed E-state index contributed by atoms with van der Waals surface area (Å²) in [6, 6.07) is 23.8. The number of hydrogen-bond donors (Lipinski definition) is 0. The number of rotatable bonds is 8. The molecule has 3 aromatic carbocycles. The molecule has 33 heavy (non-hydrogen) atoms. The van der Waals surface area contributed by atoms with Crippen LogP contribution in [0, 0.1) is 6.92 Å². The first-order chi connectivity index (χ1) is 16.2. The Kier molecular flexibility index (Phi) is 6.85. The summed E-state index contributed by atoms with van der Waals surface area (Å²) in [5.74, 6) is 0. The maximum Gasteiger partial charge on any atom is 0.0375 e. The highest BCUT2D eigenvalue weighted by molar-refractivity contribution is 5.83. The van der Waals surface area contributed by atoms with E-state index in [4.69, 9.17) is 0 Å². The number of anilines is 1. The molecule has 0 aromatic heterocycles. The molecule has 0 heterocycles. The molecule has 1 nitrogen and oxygen atoms in total. The second kappa shape index (κ2) is 10.2. The molecule has 1 saturated carbocycles. The van der Waals surface area contributed by atoms with E-state index in [1.807, 2.05) is 0 Å². The van der Waals surface area contributed by atoms with Gasteiger partial charge < -0.3 is 4.90 Å². The van der Waals surface area contributed by atoms with E-state index >= 15 is 0 Å². The minimum absolute atomic E-state index is 0.724. The highest BCUT2D eigenvalue weighted by atomic mass is 15.2. The van der Waals surface area contributed by atoms with E-state index in [-0.39, 0.29) is 0 Å². The monoisotopic (exact) mass is 437 g/mol. The smallest absolute Gasteiger partial charge is 0.0375 e. The molecule has 0 unspecified atom stereocenters. The maximum atomic E-state index is 2.78. The molecule has 5 rings (SSSR count). The average molecular weight is 438 g/mol. The molecule has 1 heteroatoms. The van der Waals surface area contributed by atoms with Crippen LogP contribution >= 0.6 is 0 Å². The molecule has 172 valence electrons. The lowest BCUT2D eigenvalue weighted by Crippen LogP contribution is -2.37. The molecule has 0 aliphatic heterocycles. The normalized spacial score (nSPS) is 15.3. The van der Waals surface area contributed by atoms with Gasteiger partial charge in [0.25, 0.3) is 0 Å². The lowest BCUT2D eigenvalue weighted by molar-refractivity contribution is 0.410. The molecule has 3 aromatic rings. The maximum absolute atomic E-state index is 2.78. The van der Waals surface area contributed by atoms with Crippen molar-refractivity contribution < 1.29 is 0 Å². The fourth-order valence-corrected chi connectivity index (χ4v) is 6.06. The Morgan fingerprint density at radius 1 is 0.758 bits per heavy atom. The molecule has 0 amide bonds. The number of fused-ring (bicyclic) bond motifs is 3. The summed E-state index contributed by atoms with van der Waals surface area (Å²) in [6.07, 6.45) is 13.3. The second-order valence-corrected chi connectivity index (χ2v) is 10.3. The van der Waals surface area contributed by atoms with Gasteiger partial charge in [-0.2, -0.15) is 0 Å². The molecule has 1 fully saturated rings. The zero-order chi connectivity index (χ0) is 22.6. The second-order valence-electron chi connectivity index (χ2n) is 10.3. The van der Waals surface area contributed by atoms with Crippen LogP contribution in [0.15, 0.2) is 60.7 Å². The standard InChI is InChI=1S/C32H39N/c1-3-4-5-12-19-33(28-15-10-7-11-16-28)29-18-17-26-21-27-22-30(25-13-8-6-9-14-25)24(2)20-31(27)32(26)23-29/h6,8-9,13-14,17-18,20,22-23,28H,3-5,7,10-12,15-16,19,21H2,1-2H3. The van der Waals surface area contributed by atoms with Crippen LogP contribution < -0.4 is 4.90 Å². The van der Waals surface area contributed by atoms with Gasteiger partial charge in [-0.25, -0.2) is 0 Å². The average Bonchev–Trinajstić information content (AvgIpc) is 3.21.